The molecule has 0 spiro atoms. The number of likely N-dealkylation sites (tertiary alicyclic amines) is 1. The summed E-state index contributed by atoms with van der Waals surface area (Å²) in [4.78, 5) is 105. The Morgan fingerprint density at radius 3 is 2.28 bits per heavy atom. The number of hydrogen-bond acceptors (Lipinski definition) is 14. The molecule has 3 fully saturated rings. The Hall–Kier alpha value is -7.98. The van der Waals surface area contributed by atoms with Gasteiger partial charge in [0.05, 0.1) is 43.7 Å². The zero-order valence-corrected chi connectivity index (χ0v) is 44.4. The van der Waals surface area contributed by atoms with Crippen LogP contribution in [0, 0.1) is 0 Å². The molecule has 6 aromatic rings. The minimum atomic E-state index is -0.652. The van der Waals surface area contributed by atoms with Crippen molar-refractivity contribution < 1.29 is 38.3 Å². The van der Waals surface area contributed by atoms with Crippen LogP contribution in [0.4, 0.5) is 17.3 Å². The zero-order valence-electron chi connectivity index (χ0n) is 43.6. The Morgan fingerprint density at radius 1 is 0.782 bits per heavy atom. The molecule has 4 bridgehead atoms. The number of carbonyl (C=O) groups is 7. The van der Waals surface area contributed by atoms with Gasteiger partial charge in [0.2, 0.25) is 23.6 Å². The first-order chi connectivity index (χ1) is 37.8. The summed E-state index contributed by atoms with van der Waals surface area (Å²) in [5.41, 5.74) is 11.4. The topological polar surface area (TPSA) is 271 Å². The summed E-state index contributed by atoms with van der Waals surface area (Å²) in [6, 6.07) is 17.5. The first kappa shape index (κ1) is 53.4. The highest BCUT2D eigenvalue weighted by molar-refractivity contribution is 6.34. The highest BCUT2D eigenvalue weighted by Crippen LogP contribution is 2.44. The van der Waals surface area contributed by atoms with Gasteiger partial charge in [-0.3, -0.25) is 33.4 Å². The van der Waals surface area contributed by atoms with Crippen LogP contribution in [-0.2, 0) is 40.0 Å². The van der Waals surface area contributed by atoms with Crippen LogP contribution in [0.25, 0.3) is 32.9 Å². The lowest BCUT2D eigenvalue weighted by Gasteiger charge is -2.39. The van der Waals surface area contributed by atoms with Crippen molar-refractivity contribution in [1.29, 1.82) is 0 Å². The molecule has 0 aliphatic carbocycles. The SMILES string of the molecule is COC(=O)CNC(=O)CNC(=O)Cn1nc2c3c(cccc31)-c1cc3c(cnn3[N+]3(C(=O)CCC(=O)NCCCC(=O)N4CCC(c5ccc(Nc6nc(N7CCCCC7)cnc6C(N)=O)cc5)CC4)CCC2CC3)cc1Cl. The molecule has 408 valence electrons. The summed E-state index contributed by atoms with van der Waals surface area (Å²) in [5.74, 6) is -1.43. The molecule has 3 aromatic carbocycles. The van der Waals surface area contributed by atoms with E-state index in [0.717, 1.165) is 66.5 Å². The largest absolute Gasteiger partial charge is 0.468 e. The van der Waals surface area contributed by atoms with Crippen LogP contribution in [0.3, 0.4) is 0 Å². The van der Waals surface area contributed by atoms with Crippen molar-refractivity contribution in [3.63, 3.8) is 0 Å². The normalized spacial score (nSPS) is 18.1. The molecular formula is C55H64ClN14O8+. The lowest BCUT2D eigenvalue weighted by atomic mass is 9.88. The van der Waals surface area contributed by atoms with Crippen LogP contribution >= 0.6 is 11.6 Å². The summed E-state index contributed by atoms with van der Waals surface area (Å²) >= 11 is 7.03. The number of esters is 1. The van der Waals surface area contributed by atoms with Crippen LogP contribution in [-0.4, -0.2) is 142 Å². The second kappa shape index (κ2) is 23.3. The van der Waals surface area contributed by atoms with E-state index in [1.165, 1.54) is 19.1 Å². The van der Waals surface area contributed by atoms with E-state index >= 15 is 0 Å². The van der Waals surface area contributed by atoms with E-state index in [4.69, 9.17) is 32.5 Å². The predicted octanol–water partition coefficient (Wildman–Crippen LogP) is 4.67. The van der Waals surface area contributed by atoms with Gasteiger partial charge in [0.25, 0.3) is 5.91 Å². The standard InChI is InChI=1S/C55H63ClN14O8/c1-78-50(76)32-60-46(72)31-59-47(73)33-68-42-8-5-7-39-40-28-43-37(27-41(40)56)29-62-69(43)70(25-18-36(19-26-70)52(65-68)51(39)42)49(75)15-14-45(71)58-20-6-9-48(74)67-23-16-35(17-24-67)34-10-12-38(13-11-34)63-55-53(54(57)77)61-30-44(64-55)66-21-3-2-4-22-66/h5,7-8,10-13,27-30,35-36H,2-4,6,9,14-26,31-33H2,1H3,(H5-,57,58,59,60,63,64,71,72,73,77)/p+1. The van der Waals surface area contributed by atoms with Crippen LogP contribution in [0.5, 0.6) is 0 Å². The number of aromatic nitrogens is 6. The predicted molar refractivity (Wildman–Crippen MR) is 292 cm³/mol. The van der Waals surface area contributed by atoms with Crippen molar-refractivity contribution in [3.05, 3.63) is 89.0 Å². The number of amides is 6. The Kier molecular flexibility index (Phi) is 16.0. The molecule has 3 saturated heterocycles. The van der Waals surface area contributed by atoms with Crippen LogP contribution in [0.2, 0.25) is 5.02 Å². The number of nitrogens with one attached hydrogen (secondary N) is 4. The average molecular weight is 1080 g/mol. The molecule has 5 aliphatic rings. The van der Waals surface area contributed by atoms with Gasteiger partial charge in [0, 0.05) is 91.4 Å². The summed E-state index contributed by atoms with van der Waals surface area (Å²) in [6.45, 7) is 3.26. The molecule has 5 aliphatic heterocycles. The summed E-state index contributed by atoms with van der Waals surface area (Å²) in [7, 11) is 1.21. The van der Waals surface area contributed by atoms with Crippen molar-refractivity contribution in [2.45, 2.75) is 89.0 Å². The zero-order chi connectivity index (χ0) is 54.5. The number of quaternary nitrogens is 1. The molecule has 23 heteroatoms. The van der Waals surface area contributed by atoms with Crippen LogP contribution in [0.1, 0.15) is 104 Å². The van der Waals surface area contributed by atoms with E-state index < -0.39 is 23.7 Å². The maximum absolute atomic E-state index is 14.7. The molecule has 22 nitrogen and oxygen atoms in total. The monoisotopic (exact) mass is 1080 g/mol. The maximum atomic E-state index is 14.7. The Morgan fingerprint density at radius 2 is 1.54 bits per heavy atom. The van der Waals surface area contributed by atoms with Gasteiger partial charge >= 0.3 is 11.9 Å². The van der Waals surface area contributed by atoms with Crippen molar-refractivity contribution in [3.8, 4) is 11.1 Å². The highest BCUT2D eigenvalue weighted by Gasteiger charge is 2.46. The van der Waals surface area contributed by atoms with E-state index in [0.29, 0.717) is 91.7 Å². The summed E-state index contributed by atoms with van der Waals surface area (Å²) in [5, 5.41) is 23.1. The molecule has 78 heavy (non-hydrogen) atoms. The minimum absolute atomic E-state index is 0.0298. The molecule has 11 rings (SSSR count). The van der Waals surface area contributed by atoms with Crippen molar-refractivity contribution >= 4 is 92.1 Å². The number of fused-ring (bicyclic) bond motifs is 2. The van der Waals surface area contributed by atoms with Gasteiger partial charge in [-0.15, -0.1) is 9.69 Å². The fourth-order valence-electron chi connectivity index (χ4n) is 11.4. The number of hydrogen-bond donors (Lipinski definition) is 5. The van der Waals surface area contributed by atoms with Gasteiger partial charge in [0.1, 0.15) is 37.5 Å². The van der Waals surface area contributed by atoms with E-state index in [1.807, 2.05) is 47.4 Å². The van der Waals surface area contributed by atoms with Gasteiger partial charge < -0.3 is 41.5 Å². The molecule has 0 unspecified atom stereocenters. The van der Waals surface area contributed by atoms with Crippen LogP contribution in [0.15, 0.2) is 67.0 Å². The average Bonchev–Trinajstić information content (AvgIpc) is 4.08. The lowest BCUT2D eigenvalue weighted by molar-refractivity contribution is -0.142. The summed E-state index contributed by atoms with van der Waals surface area (Å²) < 4.78 is 6.06. The number of nitrogens with zero attached hydrogens (tertiary/aromatic N) is 9. The first-order valence-electron chi connectivity index (χ1n) is 26.8. The first-order valence-corrected chi connectivity index (χ1v) is 27.2. The van der Waals surface area contributed by atoms with E-state index in [9.17, 15) is 33.6 Å². The number of piperidine rings is 3. The van der Waals surface area contributed by atoms with Crippen LogP contribution < -0.4 is 36.5 Å². The molecule has 0 radical (unpaired) electrons. The molecule has 8 heterocycles. The van der Waals surface area contributed by atoms with Crippen molar-refractivity contribution in [2.24, 2.45) is 5.73 Å². The second-order valence-electron chi connectivity index (χ2n) is 20.5. The molecule has 6 N–H and O–H groups in total. The Bertz CT molecular complexity index is 3280. The fourth-order valence-corrected chi connectivity index (χ4v) is 11.7. The minimum Gasteiger partial charge on any atom is -0.468 e. The quantitative estimate of drug-likeness (QED) is 0.0445. The fraction of sp³-hybridized carbons (Fsp3) is 0.436. The molecule has 6 amide bonds. The molecule has 0 saturated carbocycles. The number of carbonyl (C=O) groups excluding carboxylic acids is 7. The molecule has 0 atom stereocenters. The van der Waals surface area contributed by atoms with E-state index in [-0.39, 0.29) is 72.3 Å². The Balaban J connectivity index is 0.715. The van der Waals surface area contributed by atoms with Crippen molar-refractivity contribution in [2.75, 3.05) is 76.2 Å². The number of ether oxygens (including phenoxy) is 1. The van der Waals surface area contributed by atoms with Gasteiger partial charge in [-0.1, -0.05) is 40.7 Å². The number of methoxy groups -OCH3 is 1. The molecular weight excluding hydrogens is 1020 g/mol. The molecule has 3 aromatic heterocycles. The maximum Gasteiger partial charge on any atom is 0.340 e. The third kappa shape index (κ3) is 11.4. The third-order valence-corrected chi connectivity index (χ3v) is 16.0. The number of rotatable bonds is 18. The lowest BCUT2D eigenvalue weighted by Crippen LogP contribution is -2.65. The van der Waals surface area contributed by atoms with Gasteiger partial charge in [0.15, 0.2) is 11.5 Å². The van der Waals surface area contributed by atoms with Crippen molar-refractivity contribution in [1.82, 2.24) is 55.1 Å². The van der Waals surface area contributed by atoms with E-state index in [1.54, 1.807) is 21.9 Å². The number of benzene rings is 3. The van der Waals surface area contributed by atoms with Gasteiger partial charge in [-0.2, -0.15) is 5.10 Å². The number of nitrogens with two attached hydrogens (primary N) is 1. The third-order valence-electron chi connectivity index (χ3n) is 15.7. The number of primary amides is 1. The number of anilines is 3. The smallest absolute Gasteiger partial charge is 0.340 e. The highest BCUT2D eigenvalue weighted by atomic mass is 35.5. The Labute approximate surface area is 454 Å². The van der Waals surface area contributed by atoms with Gasteiger partial charge in [-0.05, 0) is 85.9 Å². The van der Waals surface area contributed by atoms with Gasteiger partial charge in [-0.25, -0.2) is 14.8 Å². The van der Waals surface area contributed by atoms with E-state index in [2.05, 4.69) is 48.0 Å². The second-order valence-corrected chi connectivity index (χ2v) is 20.9. The number of halogens is 1. The summed E-state index contributed by atoms with van der Waals surface area (Å²) in [6.07, 6.45) is 10.1.